The third-order valence-electron chi connectivity index (χ3n) is 2.27. The standard InChI is InChI=1S/C10H5Br2N3/c11-5-1-7-6-2-9(12)13-4-8(6)15-10(7)14-3-5/h1-4H,(H,14,15). The van der Waals surface area contributed by atoms with Gasteiger partial charge in [-0.1, -0.05) is 0 Å². The van der Waals surface area contributed by atoms with E-state index in [0.29, 0.717) is 0 Å². The second-order valence-electron chi connectivity index (χ2n) is 3.23. The summed E-state index contributed by atoms with van der Waals surface area (Å²) >= 11 is 6.78. The molecule has 0 radical (unpaired) electrons. The summed E-state index contributed by atoms with van der Waals surface area (Å²) in [6, 6.07) is 4.04. The average molecular weight is 327 g/mol. The summed E-state index contributed by atoms with van der Waals surface area (Å²) in [6.45, 7) is 0. The number of rotatable bonds is 0. The maximum atomic E-state index is 4.30. The van der Waals surface area contributed by atoms with E-state index in [-0.39, 0.29) is 0 Å². The van der Waals surface area contributed by atoms with Gasteiger partial charge in [0.25, 0.3) is 0 Å². The summed E-state index contributed by atoms with van der Waals surface area (Å²) in [5.41, 5.74) is 1.88. The number of aromatic amines is 1. The molecule has 3 rings (SSSR count). The molecule has 0 aliphatic heterocycles. The first-order valence-corrected chi connectivity index (χ1v) is 5.91. The number of aromatic nitrogens is 3. The van der Waals surface area contributed by atoms with Gasteiger partial charge in [-0.05, 0) is 44.0 Å². The second kappa shape index (κ2) is 3.28. The summed E-state index contributed by atoms with van der Waals surface area (Å²) in [6.07, 6.45) is 3.58. The zero-order valence-electron chi connectivity index (χ0n) is 7.46. The first-order chi connectivity index (χ1) is 7.24. The van der Waals surface area contributed by atoms with E-state index in [1.54, 1.807) is 12.4 Å². The van der Waals surface area contributed by atoms with Crippen LogP contribution in [0.3, 0.4) is 0 Å². The minimum atomic E-state index is 0.830. The Morgan fingerprint density at radius 3 is 2.73 bits per heavy atom. The van der Waals surface area contributed by atoms with Gasteiger partial charge in [0.1, 0.15) is 10.3 Å². The van der Waals surface area contributed by atoms with Gasteiger partial charge >= 0.3 is 0 Å². The van der Waals surface area contributed by atoms with E-state index in [1.165, 1.54) is 0 Å². The highest BCUT2D eigenvalue weighted by Crippen LogP contribution is 2.27. The number of nitrogens with one attached hydrogen (secondary N) is 1. The van der Waals surface area contributed by atoms with Crippen molar-refractivity contribution in [3.8, 4) is 0 Å². The number of pyridine rings is 2. The maximum absolute atomic E-state index is 4.30. The minimum Gasteiger partial charge on any atom is -0.338 e. The maximum Gasteiger partial charge on any atom is 0.138 e. The number of H-pyrrole nitrogens is 1. The lowest BCUT2D eigenvalue weighted by Gasteiger charge is -1.92. The molecule has 0 saturated heterocycles. The molecule has 0 spiro atoms. The Bertz CT molecular complexity index is 604. The van der Waals surface area contributed by atoms with E-state index in [0.717, 1.165) is 31.0 Å². The predicted molar refractivity (Wildman–Crippen MR) is 66.8 cm³/mol. The summed E-state index contributed by atoms with van der Waals surface area (Å²) in [5, 5.41) is 2.23. The Labute approximate surface area is 102 Å². The van der Waals surface area contributed by atoms with Crippen molar-refractivity contribution in [2.45, 2.75) is 0 Å². The summed E-state index contributed by atoms with van der Waals surface area (Å²) < 4.78 is 1.81. The van der Waals surface area contributed by atoms with Crippen molar-refractivity contribution < 1.29 is 0 Å². The van der Waals surface area contributed by atoms with Crippen LogP contribution in [0.1, 0.15) is 0 Å². The molecule has 0 aliphatic carbocycles. The van der Waals surface area contributed by atoms with Crippen LogP contribution in [0, 0.1) is 0 Å². The number of fused-ring (bicyclic) bond motifs is 3. The topological polar surface area (TPSA) is 41.6 Å². The van der Waals surface area contributed by atoms with Crippen LogP contribution in [0.5, 0.6) is 0 Å². The van der Waals surface area contributed by atoms with E-state index in [1.807, 2.05) is 12.1 Å². The predicted octanol–water partition coefficient (Wildman–Crippen LogP) is 3.64. The van der Waals surface area contributed by atoms with Crippen LogP contribution in [-0.4, -0.2) is 15.0 Å². The molecular formula is C10H5Br2N3. The van der Waals surface area contributed by atoms with Crippen molar-refractivity contribution in [1.82, 2.24) is 15.0 Å². The second-order valence-corrected chi connectivity index (χ2v) is 4.96. The summed E-state index contributed by atoms with van der Waals surface area (Å²) in [5.74, 6) is 0. The van der Waals surface area contributed by atoms with Crippen LogP contribution in [0.25, 0.3) is 21.9 Å². The molecule has 15 heavy (non-hydrogen) atoms. The molecule has 3 aromatic heterocycles. The lowest BCUT2D eigenvalue weighted by Crippen LogP contribution is -1.74. The lowest BCUT2D eigenvalue weighted by molar-refractivity contribution is 1.28. The Balaban J connectivity index is 2.55. The van der Waals surface area contributed by atoms with Crippen molar-refractivity contribution in [2.75, 3.05) is 0 Å². The SMILES string of the molecule is Brc1cnc2[nH]c3cnc(Br)cc3c2c1. The fourth-order valence-corrected chi connectivity index (χ4v) is 2.29. The normalized spacial score (nSPS) is 11.3. The van der Waals surface area contributed by atoms with Crippen molar-refractivity contribution in [3.63, 3.8) is 0 Å². The third-order valence-corrected chi connectivity index (χ3v) is 3.14. The molecule has 3 heterocycles. The lowest BCUT2D eigenvalue weighted by atomic mass is 10.2. The molecule has 0 aromatic carbocycles. The first-order valence-electron chi connectivity index (χ1n) is 4.32. The van der Waals surface area contributed by atoms with Gasteiger partial charge in [-0.3, -0.25) is 0 Å². The van der Waals surface area contributed by atoms with E-state index < -0.39 is 0 Å². The summed E-state index contributed by atoms with van der Waals surface area (Å²) in [4.78, 5) is 11.7. The van der Waals surface area contributed by atoms with Crippen LogP contribution in [0.4, 0.5) is 0 Å². The number of hydrogen-bond donors (Lipinski definition) is 1. The Hall–Kier alpha value is -0.940. The van der Waals surface area contributed by atoms with Crippen LogP contribution in [0.15, 0.2) is 33.6 Å². The molecule has 74 valence electrons. The smallest absolute Gasteiger partial charge is 0.138 e. The van der Waals surface area contributed by atoms with E-state index >= 15 is 0 Å². The van der Waals surface area contributed by atoms with Crippen LogP contribution in [0.2, 0.25) is 0 Å². The van der Waals surface area contributed by atoms with Gasteiger partial charge in [-0.25, -0.2) is 9.97 Å². The fraction of sp³-hybridized carbons (Fsp3) is 0. The van der Waals surface area contributed by atoms with Gasteiger partial charge < -0.3 is 4.98 Å². The molecule has 0 saturated carbocycles. The Kier molecular flexibility index (Phi) is 2.03. The average Bonchev–Trinajstić information content (AvgIpc) is 2.56. The summed E-state index contributed by atoms with van der Waals surface area (Å²) in [7, 11) is 0. The van der Waals surface area contributed by atoms with Crippen molar-refractivity contribution >= 4 is 53.8 Å². The van der Waals surface area contributed by atoms with E-state index in [9.17, 15) is 0 Å². The Morgan fingerprint density at radius 1 is 1.00 bits per heavy atom. The van der Waals surface area contributed by atoms with Crippen molar-refractivity contribution in [2.24, 2.45) is 0 Å². The Morgan fingerprint density at radius 2 is 1.87 bits per heavy atom. The highest BCUT2D eigenvalue weighted by Gasteiger charge is 2.06. The molecule has 0 unspecified atom stereocenters. The molecule has 0 atom stereocenters. The highest BCUT2D eigenvalue weighted by atomic mass is 79.9. The molecule has 0 aliphatic rings. The van der Waals surface area contributed by atoms with Crippen molar-refractivity contribution in [3.05, 3.63) is 33.6 Å². The number of nitrogens with zero attached hydrogens (tertiary/aromatic N) is 2. The van der Waals surface area contributed by atoms with Gasteiger partial charge in [-0.15, -0.1) is 0 Å². The monoisotopic (exact) mass is 325 g/mol. The molecule has 0 amide bonds. The zero-order chi connectivity index (χ0) is 10.4. The third kappa shape index (κ3) is 1.46. The number of hydrogen-bond acceptors (Lipinski definition) is 2. The quantitative estimate of drug-likeness (QED) is 0.641. The van der Waals surface area contributed by atoms with Crippen LogP contribution in [-0.2, 0) is 0 Å². The van der Waals surface area contributed by atoms with Gasteiger partial charge in [-0.2, -0.15) is 0 Å². The van der Waals surface area contributed by atoms with E-state index in [2.05, 4.69) is 46.8 Å². The van der Waals surface area contributed by atoms with Crippen molar-refractivity contribution in [1.29, 1.82) is 0 Å². The molecule has 1 N–H and O–H groups in total. The fourth-order valence-electron chi connectivity index (χ4n) is 1.62. The van der Waals surface area contributed by atoms with Gasteiger partial charge in [0.15, 0.2) is 0 Å². The zero-order valence-corrected chi connectivity index (χ0v) is 10.6. The van der Waals surface area contributed by atoms with Gasteiger partial charge in [0.05, 0.1) is 11.7 Å². The van der Waals surface area contributed by atoms with Crippen LogP contribution < -0.4 is 0 Å². The van der Waals surface area contributed by atoms with Gasteiger partial charge in [0, 0.05) is 21.4 Å². The minimum absolute atomic E-state index is 0.830. The largest absolute Gasteiger partial charge is 0.338 e. The van der Waals surface area contributed by atoms with Crippen LogP contribution >= 0.6 is 31.9 Å². The first kappa shape index (κ1) is 9.30. The molecule has 3 nitrogen and oxygen atoms in total. The highest BCUT2D eigenvalue weighted by molar-refractivity contribution is 9.10. The molecule has 0 bridgehead atoms. The molecule has 0 fully saturated rings. The number of halogens is 2. The van der Waals surface area contributed by atoms with E-state index in [4.69, 9.17) is 0 Å². The molecule has 3 aromatic rings. The molecule has 5 heteroatoms. The molecular weight excluding hydrogens is 322 g/mol. The van der Waals surface area contributed by atoms with Gasteiger partial charge in [0.2, 0.25) is 0 Å².